The van der Waals surface area contributed by atoms with Crippen molar-refractivity contribution in [2.45, 2.75) is 12.7 Å². The summed E-state index contributed by atoms with van der Waals surface area (Å²) in [7, 11) is -7.15. The summed E-state index contributed by atoms with van der Waals surface area (Å²) in [5.74, 6) is -0.265. The van der Waals surface area contributed by atoms with Crippen molar-refractivity contribution in [1.82, 2.24) is 0 Å². The van der Waals surface area contributed by atoms with Gasteiger partial charge in [0.2, 0.25) is 0 Å². The van der Waals surface area contributed by atoms with Crippen molar-refractivity contribution in [3.05, 3.63) is 33.8 Å². The molecule has 0 aliphatic rings. The third kappa shape index (κ3) is 5.18. The molecule has 0 saturated carbocycles. The smallest absolute Gasteiger partial charge is 0.168 e. The zero-order valence-corrected chi connectivity index (χ0v) is 12.7. The Morgan fingerprint density at radius 1 is 1.18 bits per heavy atom. The highest BCUT2D eigenvalue weighted by molar-refractivity contribution is 9.10. The maximum atomic E-state index is 11.6. The summed E-state index contributed by atoms with van der Waals surface area (Å²) in [6.45, 7) is 1.89. The third-order valence-electron chi connectivity index (χ3n) is 2.02. The normalized spacial score (nSPS) is 12.6. The molecule has 0 bridgehead atoms. The van der Waals surface area contributed by atoms with E-state index in [1.54, 1.807) is 18.2 Å². The van der Waals surface area contributed by atoms with Crippen molar-refractivity contribution in [3.63, 3.8) is 0 Å². The highest BCUT2D eigenvalue weighted by Gasteiger charge is 2.19. The maximum Gasteiger partial charge on any atom is 0.168 e. The summed E-state index contributed by atoms with van der Waals surface area (Å²) in [5, 5.41) is -0.814. The highest BCUT2D eigenvalue weighted by Crippen LogP contribution is 2.19. The van der Waals surface area contributed by atoms with Gasteiger partial charge in [-0.15, -0.1) is 0 Å². The number of aryl methyl sites for hydroxylation is 1. The molecule has 0 atom stereocenters. The van der Waals surface area contributed by atoms with Gasteiger partial charge in [0.15, 0.2) is 24.8 Å². The summed E-state index contributed by atoms with van der Waals surface area (Å²) < 4.78 is 46.0. The van der Waals surface area contributed by atoms with E-state index in [1.165, 1.54) is 0 Å². The number of benzene rings is 1. The van der Waals surface area contributed by atoms with Gasteiger partial charge in [0, 0.05) is 10.7 Å². The molecular weight excluding hydrogens is 328 g/mol. The molecule has 0 radical (unpaired) electrons. The Bertz CT molecular complexity index is 618. The van der Waals surface area contributed by atoms with Gasteiger partial charge in [-0.25, -0.2) is 16.8 Å². The highest BCUT2D eigenvalue weighted by atomic mass is 79.9. The van der Waals surface area contributed by atoms with Crippen LogP contribution in [0.5, 0.6) is 0 Å². The maximum absolute atomic E-state index is 11.6. The fourth-order valence-corrected chi connectivity index (χ4v) is 5.40. The molecule has 7 heteroatoms. The molecule has 0 N–H and O–H groups in total. The van der Waals surface area contributed by atoms with Gasteiger partial charge < -0.3 is 0 Å². The van der Waals surface area contributed by atoms with Crippen LogP contribution in [0.25, 0.3) is 0 Å². The van der Waals surface area contributed by atoms with Gasteiger partial charge in [-0.1, -0.05) is 28.1 Å². The molecule has 0 heterocycles. The minimum absolute atomic E-state index is 0.265. The Morgan fingerprint density at radius 3 is 2.24 bits per heavy atom. The van der Waals surface area contributed by atoms with Crippen LogP contribution in [0.3, 0.4) is 0 Å². The fraction of sp³-hybridized carbons (Fsp3) is 0.400. The molecule has 0 amide bonds. The van der Waals surface area contributed by atoms with E-state index in [4.69, 9.17) is 0 Å². The first-order valence-electron chi connectivity index (χ1n) is 4.72. The minimum Gasteiger partial charge on any atom is -0.228 e. The van der Waals surface area contributed by atoms with Gasteiger partial charge in [-0.05, 0) is 24.1 Å². The Balaban J connectivity index is 2.95. The van der Waals surface area contributed by atoms with E-state index < -0.39 is 24.8 Å². The largest absolute Gasteiger partial charge is 0.228 e. The first-order valence-corrected chi connectivity index (χ1v) is 9.40. The van der Waals surface area contributed by atoms with E-state index in [0.29, 0.717) is 5.56 Å². The lowest BCUT2D eigenvalue weighted by Crippen LogP contribution is -2.16. The van der Waals surface area contributed by atoms with Crippen LogP contribution in [0.2, 0.25) is 0 Å². The van der Waals surface area contributed by atoms with Crippen LogP contribution in [-0.2, 0) is 25.4 Å². The van der Waals surface area contributed by atoms with Crippen molar-refractivity contribution in [1.29, 1.82) is 0 Å². The number of rotatable bonds is 4. The van der Waals surface area contributed by atoms with E-state index in [1.807, 2.05) is 6.92 Å². The number of sulfone groups is 2. The van der Waals surface area contributed by atoms with Crippen LogP contribution >= 0.6 is 15.9 Å². The van der Waals surface area contributed by atoms with Crippen LogP contribution in [-0.4, -0.2) is 28.2 Å². The Hall–Kier alpha value is -0.400. The Labute approximate surface area is 110 Å². The Morgan fingerprint density at radius 2 is 1.76 bits per heavy atom. The van der Waals surface area contributed by atoms with E-state index in [-0.39, 0.29) is 5.75 Å². The van der Waals surface area contributed by atoms with Crippen LogP contribution in [0, 0.1) is 6.92 Å². The van der Waals surface area contributed by atoms with Crippen molar-refractivity contribution in [3.8, 4) is 0 Å². The van der Waals surface area contributed by atoms with Gasteiger partial charge in [0.1, 0.15) is 0 Å². The lowest BCUT2D eigenvalue weighted by atomic mass is 10.2. The monoisotopic (exact) mass is 340 g/mol. The van der Waals surface area contributed by atoms with E-state index in [9.17, 15) is 16.8 Å². The molecule has 17 heavy (non-hydrogen) atoms. The Kier molecular flexibility index (Phi) is 4.38. The third-order valence-corrected chi connectivity index (χ3v) is 6.79. The summed E-state index contributed by atoms with van der Waals surface area (Å²) in [6, 6.07) is 5.16. The topological polar surface area (TPSA) is 68.3 Å². The molecule has 0 unspecified atom stereocenters. The summed E-state index contributed by atoms with van der Waals surface area (Å²) in [4.78, 5) is 0. The first-order chi connectivity index (χ1) is 7.59. The molecule has 0 fully saturated rings. The molecule has 1 aromatic carbocycles. The quantitative estimate of drug-likeness (QED) is 0.836. The van der Waals surface area contributed by atoms with Crippen LogP contribution in [0.15, 0.2) is 22.7 Å². The molecule has 0 aliphatic heterocycles. The van der Waals surface area contributed by atoms with Crippen molar-refractivity contribution in [2.75, 3.05) is 11.3 Å². The average Bonchev–Trinajstić information content (AvgIpc) is 2.06. The molecule has 0 saturated heterocycles. The van der Waals surface area contributed by atoms with Crippen LogP contribution in [0.4, 0.5) is 0 Å². The number of hydrogen-bond donors (Lipinski definition) is 0. The standard InChI is InChI=1S/C10H13BrO4S2/c1-8-3-4-9(5-10(8)11)6-17(14,15)7-16(2,12)13/h3-5H,6-7H2,1-2H3. The number of hydrogen-bond acceptors (Lipinski definition) is 4. The summed E-state index contributed by atoms with van der Waals surface area (Å²) in [6.07, 6.45) is 0.912. The SMILES string of the molecule is Cc1ccc(CS(=O)(=O)CS(C)(=O)=O)cc1Br. The van der Waals surface area contributed by atoms with Gasteiger partial charge in [-0.2, -0.15) is 0 Å². The van der Waals surface area contributed by atoms with Gasteiger partial charge in [0.25, 0.3) is 0 Å². The molecule has 1 rings (SSSR count). The lowest BCUT2D eigenvalue weighted by Gasteiger charge is -2.05. The van der Waals surface area contributed by atoms with Gasteiger partial charge >= 0.3 is 0 Å². The van der Waals surface area contributed by atoms with E-state index in [2.05, 4.69) is 15.9 Å². The molecule has 0 aliphatic carbocycles. The van der Waals surface area contributed by atoms with Crippen molar-refractivity contribution >= 4 is 35.6 Å². The predicted octanol–water partition coefficient (Wildman–Crippen LogP) is 1.67. The molecule has 1 aromatic rings. The second-order valence-corrected chi connectivity index (χ2v) is 9.44. The second kappa shape index (κ2) is 5.07. The van der Waals surface area contributed by atoms with E-state index >= 15 is 0 Å². The molecular formula is C10H13BrO4S2. The fourth-order valence-electron chi connectivity index (χ4n) is 1.35. The summed E-state index contributed by atoms with van der Waals surface area (Å²) in [5.41, 5.74) is 1.57. The van der Waals surface area contributed by atoms with E-state index in [0.717, 1.165) is 16.3 Å². The zero-order valence-electron chi connectivity index (χ0n) is 9.47. The summed E-state index contributed by atoms with van der Waals surface area (Å²) >= 11 is 3.30. The van der Waals surface area contributed by atoms with Gasteiger partial charge in [-0.3, -0.25) is 0 Å². The van der Waals surface area contributed by atoms with Crippen molar-refractivity contribution < 1.29 is 16.8 Å². The molecule has 0 spiro atoms. The first kappa shape index (κ1) is 14.7. The van der Waals surface area contributed by atoms with Crippen LogP contribution < -0.4 is 0 Å². The molecule has 96 valence electrons. The molecule has 4 nitrogen and oxygen atoms in total. The zero-order chi connectivity index (χ0) is 13.3. The minimum atomic E-state index is -3.63. The van der Waals surface area contributed by atoms with Crippen molar-refractivity contribution in [2.24, 2.45) is 0 Å². The van der Waals surface area contributed by atoms with Gasteiger partial charge in [0.05, 0.1) is 5.75 Å². The lowest BCUT2D eigenvalue weighted by molar-refractivity contribution is 0.591. The average molecular weight is 341 g/mol. The molecule has 0 aromatic heterocycles. The van der Waals surface area contributed by atoms with Crippen LogP contribution in [0.1, 0.15) is 11.1 Å². The predicted molar refractivity (Wildman–Crippen MR) is 71.2 cm³/mol. The second-order valence-electron chi connectivity index (χ2n) is 4.02. The number of halogens is 1.